The van der Waals surface area contributed by atoms with Gasteiger partial charge in [-0.15, -0.1) is 0 Å². The maximum Gasteiger partial charge on any atom is 0.306 e. The molecule has 86 heavy (non-hydrogen) atoms. The van der Waals surface area contributed by atoms with Gasteiger partial charge in [0.2, 0.25) is 0 Å². The molecule has 0 aromatic carbocycles. The van der Waals surface area contributed by atoms with Crippen LogP contribution in [-0.2, 0) is 32.7 Å². The molecule has 9 nitrogen and oxygen atoms in total. The summed E-state index contributed by atoms with van der Waals surface area (Å²) in [5.74, 6) is -0.910. The fourth-order valence-corrected chi connectivity index (χ4v) is 9.35. The molecule has 0 aliphatic heterocycles. The van der Waals surface area contributed by atoms with Gasteiger partial charge in [0.15, 0.2) is 6.10 Å². The number of carbonyl (C=O) groups excluding carboxylic acids is 2. The first-order chi connectivity index (χ1) is 42.0. The van der Waals surface area contributed by atoms with Crippen molar-refractivity contribution in [3.05, 3.63) is 170 Å². The van der Waals surface area contributed by atoms with E-state index >= 15 is 0 Å². The lowest BCUT2D eigenvalue weighted by molar-refractivity contribution is -0.870. The van der Waals surface area contributed by atoms with Crippen molar-refractivity contribution in [1.82, 2.24) is 0 Å². The van der Waals surface area contributed by atoms with E-state index in [1.54, 1.807) is 0 Å². The molecule has 486 valence electrons. The third-order valence-electron chi connectivity index (χ3n) is 13.7. The van der Waals surface area contributed by atoms with E-state index in [2.05, 4.69) is 184 Å². The van der Waals surface area contributed by atoms with Gasteiger partial charge in [-0.25, -0.2) is 0 Å². The van der Waals surface area contributed by atoms with Crippen LogP contribution in [0.2, 0.25) is 0 Å². The zero-order valence-corrected chi connectivity index (χ0v) is 56.1. The number of esters is 2. The molecule has 2 unspecified atom stereocenters. The monoisotopic (exact) mass is 1210 g/mol. The number of phosphoric ester groups is 1. The molecule has 0 saturated carbocycles. The van der Waals surface area contributed by atoms with Gasteiger partial charge in [-0.05, 0) is 122 Å². The molecule has 2 atom stereocenters. The van der Waals surface area contributed by atoms with Gasteiger partial charge in [-0.2, -0.15) is 0 Å². The Labute approximate surface area is 528 Å². The van der Waals surface area contributed by atoms with Crippen molar-refractivity contribution in [2.75, 3.05) is 47.5 Å². The van der Waals surface area contributed by atoms with Crippen LogP contribution in [0.5, 0.6) is 0 Å². The molecule has 10 heteroatoms. The molecule has 0 heterocycles. The van der Waals surface area contributed by atoms with Crippen LogP contribution in [0.15, 0.2) is 170 Å². The van der Waals surface area contributed by atoms with Crippen LogP contribution >= 0.6 is 7.82 Å². The quantitative estimate of drug-likeness (QED) is 0.0195. The molecule has 0 fully saturated rings. The third-order valence-corrected chi connectivity index (χ3v) is 14.7. The lowest BCUT2D eigenvalue weighted by Crippen LogP contribution is -2.37. The molecule has 0 rings (SSSR count). The molecule has 0 aromatic heterocycles. The Balaban J connectivity index is 4.12. The molecule has 0 spiro atoms. The number of likely N-dealkylation sites (N-methyl/N-ethyl adjacent to an activating group) is 1. The summed E-state index contributed by atoms with van der Waals surface area (Å²) in [5, 5.41) is 0. The first-order valence-electron chi connectivity index (χ1n) is 33.8. The van der Waals surface area contributed by atoms with Crippen LogP contribution in [0.1, 0.15) is 245 Å². The highest BCUT2D eigenvalue weighted by Crippen LogP contribution is 2.38. The summed E-state index contributed by atoms with van der Waals surface area (Å²) in [7, 11) is 1.12. The van der Waals surface area contributed by atoms with Gasteiger partial charge in [0.1, 0.15) is 19.8 Å². The van der Waals surface area contributed by atoms with Crippen molar-refractivity contribution in [3.63, 3.8) is 0 Å². The van der Waals surface area contributed by atoms with Crippen LogP contribution in [0.25, 0.3) is 0 Å². The van der Waals surface area contributed by atoms with Crippen molar-refractivity contribution in [3.8, 4) is 0 Å². The van der Waals surface area contributed by atoms with E-state index in [1.165, 1.54) is 89.9 Å². The fourth-order valence-electron chi connectivity index (χ4n) is 8.63. The minimum atomic E-state index is -4.66. The number of hydrogen-bond acceptors (Lipinski definition) is 8. The SMILES string of the molecule is CC/C=C\C/C=C\C/C=C\C/C=C\C/C=C\C/C=C\C/C=C\CCCCCCCCCCCCCCCCCCCC(=O)OC(COC(=O)CCC/C=C\C/C=C\C/C=C\C/C=C\C/C=C\C/C=C\C/C=C\CC)COP(=O)([O-])OCC[N+](C)(C)C. The Hall–Kier alpha value is -4.63. The maximum absolute atomic E-state index is 12.9. The summed E-state index contributed by atoms with van der Waals surface area (Å²) < 4.78 is 34.2. The van der Waals surface area contributed by atoms with Crippen molar-refractivity contribution >= 4 is 19.8 Å². The minimum absolute atomic E-state index is 0.0477. The zero-order valence-electron chi connectivity index (χ0n) is 55.2. The number of allylic oxidation sites excluding steroid dienone is 28. The van der Waals surface area contributed by atoms with E-state index in [1.807, 2.05) is 21.1 Å². The van der Waals surface area contributed by atoms with Crippen LogP contribution in [0.3, 0.4) is 0 Å². The normalized spacial score (nSPS) is 14.3. The number of nitrogens with zero attached hydrogens (tertiary/aromatic N) is 1. The lowest BCUT2D eigenvalue weighted by Gasteiger charge is -2.28. The van der Waals surface area contributed by atoms with Gasteiger partial charge in [0.25, 0.3) is 7.82 Å². The topological polar surface area (TPSA) is 111 Å². The summed E-state index contributed by atoms with van der Waals surface area (Å²) in [4.78, 5) is 38.0. The van der Waals surface area contributed by atoms with Crippen molar-refractivity contribution in [1.29, 1.82) is 0 Å². The predicted octanol–water partition coefficient (Wildman–Crippen LogP) is 21.5. The van der Waals surface area contributed by atoms with Gasteiger partial charge in [-0.3, -0.25) is 14.2 Å². The molecular formula is C76H124NO8P. The first-order valence-corrected chi connectivity index (χ1v) is 35.3. The summed E-state index contributed by atoms with van der Waals surface area (Å²) in [6.45, 7) is 3.93. The lowest BCUT2D eigenvalue weighted by atomic mass is 10.0. The van der Waals surface area contributed by atoms with Crippen molar-refractivity contribution in [2.45, 2.75) is 251 Å². The van der Waals surface area contributed by atoms with Gasteiger partial charge >= 0.3 is 11.9 Å². The van der Waals surface area contributed by atoms with E-state index in [9.17, 15) is 19.0 Å². The minimum Gasteiger partial charge on any atom is -0.756 e. The highest BCUT2D eigenvalue weighted by atomic mass is 31.2. The molecule has 0 N–H and O–H groups in total. The summed E-state index contributed by atoms with van der Waals surface area (Å²) >= 11 is 0. The van der Waals surface area contributed by atoms with Gasteiger partial charge < -0.3 is 27.9 Å². The Bertz CT molecular complexity index is 2060. The van der Waals surface area contributed by atoms with Gasteiger partial charge in [-0.1, -0.05) is 280 Å². The molecule has 0 aliphatic carbocycles. The second-order valence-electron chi connectivity index (χ2n) is 23.1. The van der Waals surface area contributed by atoms with E-state index < -0.39 is 32.5 Å². The smallest absolute Gasteiger partial charge is 0.306 e. The average molecular weight is 1210 g/mol. The first kappa shape index (κ1) is 81.4. The standard InChI is InChI=1S/C76H124NO8P/c1-6-8-10-12-14-16-18-20-22-24-26-28-30-31-32-33-34-35-36-37-38-39-40-41-42-43-44-45-47-49-51-53-55-57-59-61-63-65-67-69-76(79)85-74(73-84-86(80,81)83-71-70-77(3,4)5)72-82-75(78)68-66-64-62-60-58-56-54-52-50-48-46-29-27-25-23-21-19-17-15-13-11-9-7-2/h8-11,14-17,20-23,26-29,31-32,34-35,37-38,48,50,54,56,60,62,74H,6-7,12-13,18-19,24-25,30,33,36,39-47,49,51-53,55,57-59,61,63-73H2,1-5H3/b10-8-,11-9-,16-14-,17-15-,22-20-,23-21-,28-26-,29-27-,32-31-,35-34-,38-37-,50-48-,56-54-,62-60-. The predicted molar refractivity (Wildman–Crippen MR) is 369 cm³/mol. The van der Waals surface area contributed by atoms with Crippen LogP contribution < -0.4 is 4.89 Å². The highest BCUT2D eigenvalue weighted by Gasteiger charge is 2.22. The Kier molecular flexibility index (Phi) is 61.3. The number of phosphoric acid groups is 1. The van der Waals surface area contributed by atoms with E-state index in [4.69, 9.17) is 18.5 Å². The number of hydrogen-bond donors (Lipinski definition) is 0. The zero-order chi connectivity index (χ0) is 62.6. The van der Waals surface area contributed by atoms with Crippen LogP contribution in [-0.4, -0.2) is 70.0 Å². The van der Waals surface area contributed by atoms with Crippen molar-refractivity contribution in [2.24, 2.45) is 0 Å². The number of rotatable bonds is 60. The van der Waals surface area contributed by atoms with E-state index in [0.29, 0.717) is 23.9 Å². The number of quaternary nitrogens is 1. The van der Waals surface area contributed by atoms with E-state index in [-0.39, 0.29) is 26.1 Å². The van der Waals surface area contributed by atoms with Crippen molar-refractivity contribution < 1.29 is 42.1 Å². The maximum atomic E-state index is 12.9. The molecule has 0 radical (unpaired) electrons. The highest BCUT2D eigenvalue weighted by molar-refractivity contribution is 7.45. The van der Waals surface area contributed by atoms with Crippen LogP contribution in [0.4, 0.5) is 0 Å². The second kappa shape index (κ2) is 64.8. The molecule has 0 aromatic rings. The van der Waals surface area contributed by atoms with E-state index in [0.717, 1.165) is 116 Å². The van der Waals surface area contributed by atoms with Gasteiger partial charge in [0, 0.05) is 12.8 Å². The second-order valence-corrected chi connectivity index (χ2v) is 24.5. The average Bonchev–Trinajstić information content (AvgIpc) is 3.56. The molecule has 0 bridgehead atoms. The number of carbonyl (C=O) groups is 2. The molecule has 0 aliphatic rings. The number of ether oxygens (including phenoxy) is 2. The Morgan fingerprint density at radius 2 is 0.640 bits per heavy atom. The van der Waals surface area contributed by atoms with Crippen LogP contribution in [0, 0.1) is 0 Å². The number of unbranched alkanes of at least 4 members (excludes halogenated alkanes) is 18. The molecule has 0 amide bonds. The van der Waals surface area contributed by atoms with Gasteiger partial charge in [0.05, 0.1) is 27.7 Å². The summed E-state index contributed by atoms with van der Waals surface area (Å²) in [6, 6.07) is 0. The Morgan fingerprint density at radius 1 is 0.360 bits per heavy atom. The fraction of sp³-hybridized carbons (Fsp3) is 0.605. The molecule has 0 saturated heterocycles. The summed E-state index contributed by atoms with van der Waals surface area (Å²) in [6.07, 6.45) is 98.7. The third kappa shape index (κ3) is 68.5. The Morgan fingerprint density at radius 3 is 0.965 bits per heavy atom. The largest absolute Gasteiger partial charge is 0.756 e. The molecular weight excluding hydrogens is 1090 g/mol. The summed E-state index contributed by atoms with van der Waals surface area (Å²) in [5.41, 5.74) is 0.